The molecule has 0 bridgehead atoms. The third-order valence-corrected chi connectivity index (χ3v) is 5.91. The molecule has 23 heavy (non-hydrogen) atoms. The van der Waals surface area contributed by atoms with Crippen molar-refractivity contribution in [3.05, 3.63) is 23.2 Å². The molecule has 1 fully saturated rings. The summed E-state index contributed by atoms with van der Waals surface area (Å²) >= 11 is 5.93. The fourth-order valence-electron chi connectivity index (χ4n) is 2.48. The van der Waals surface area contributed by atoms with E-state index < -0.39 is 22.5 Å². The summed E-state index contributed by atoms with van der Waals surface area (Å²) < 4.78 is 32.3. The van der Waals surface area contributed by atoms with Crippen LogP contribution in [0.25, 0.3) is 0 Å². The molecule has 1 aromatic carbocycles. The Bertz CT molecular complexity index is 673. The Morgan fingerprint density at radius 2 is 2.09 bits per heavy atom. The van der Waals surface area contributed by atoms with E-state index in [1.807, 2.05) is 7.05 Å². The minimum atomic E-state index is -3.75. The van der Waals surface area contributed by atoms with Gasteiger partial charge in [-0.2, -0.15) is 4.31 Å². The topological polar surface area (TPSA) is 102 Å². The number of hydrogen-bond acceptors (Lipinski definition) is 5. The van der Waals surface area contributed by atoms with Crippen molar-refractivity contribution in [3.8, 4) is 5.75 Å². The van der Waals surface area contributed by atoms with E-state index in [1.165, 1.54) is 22.5 Å². The van der Waals surface area contributed by atoms with Gasteiger partial charge in [-0.3, -0.25) is 4.79 Å². The molecule has 0 unspecified atom stereocenters. The molecule has 1 amide bonds. The molecule has 0 radical (unpaired) electrons. The summed E-state index contributed by atoms with van der Waals surface area (Å²) in [6, 6.07) is 4.58. The molecular weight excluding hydrogens is 342 g/mol. The number of nitrogens with one attached hydrogen (secondary N) is 1. The summed E-state index contributed by atoms with van der Waals surface area (Å²) in [7, 11) is -1.89. The highest BCUT2D eigenvalue weighted by Gasteiger charge is 2.31. The van der Waals surface area contributed by atoms with Gasteiger partial charge in [-0.1, -0.05) is 11.6 Å². The number of carbonyl (C=O) groups is 1. The normalized spacial score (nSPS) is 17.1. The smallest absolute Gasteiger partial charge is 0.255 e. The lowest BCUT2D eigenvalue weighted by Gasteiger charge is -2.31. The minimum absolute atomic E-state index is 0.0471. The lowest BCUT2D eigenvalue weighted by molar-refractivity contribution is -0.120. The first-order valence-electron chi connectivity index (χ1n) is 7.22. The van der Waals surface area contributed by atoms with Gasteiger partial charge in [0, 0.05) is 24.2 Å². The largest absolute Gasteiger partial charge is 0.482 e. The van der Waals surface area contributed by atoms with Crippen LogP contribution in [0.1, 0.15) is 12.8 Å². The Morgan fingerprint density at radius 1 is 1.43 bits per heavy atom. The second-order valence-corrected chi connectivity index (χ2v) is 7.66. The van der Waals surface area contributed by atoms with Crippen LogP contribution < -0.4 is 15.8 Å². The van der Waals surface area contributed by atoms with Gasteiger partial charge in [0.2, 0.25) is 10.0 Å². The number of benzene rings is 1. The maximum Gasteiger partial charge on any atom is 0.255 e. The van der Waals surface area contributed by atoms with Crippen molar-refractivity contribution in [2.45, 2.75) is 23.8 Å². The van der Waals surface area contributed by atoms with E-state index in [2.05, 4.69) is 5.32 Å². The third-order valence-electron chi connectivity index (χ3n) is 3.76. The predicted molar refractivity (Wildman–Crippen MR) is 87.0 cm³/mol. The number of ether oxygens (including phenoxy) is 1. The zero-order chi connectivity index (χ0) is 17.0. The summed E-state index contributed by atoms with van der Waals surface area (Å²) in [5, 5.41) is 3.43. The predicted octanol–water partition coefficient (Wildman–Crippen LogP) is 0.577. The van der Waals surface area contributed by atoms with E-state index >= 15 is 0 Å². The number of nitrogens with two attached hydrogens (primary N) is 1. The zero-order valence-electron chi connectivity index (χ0n) is 12.8. The Balaban J connectivity index is 2.28. The molecule has 1 aliphatic heterocycles. The summed E-state index contributed by atoms with van der Waals surface area (Å²) in [5.74, 6) is -0.609. The van der Waals surface area contributed by atoms with Gasteiger partial charge >= 0.3 is 0 Å². The van der Waals surface area contributed by atoms with Gasteiger partial charge in [0.05, 0.1) is 0 Å². The van der Waals surface area contributed by atoms with Crippen LogP contribution in [0.5, 0.6) is 5.75 Å². The van der Waals surface area contributed by atoms with Gasteiger partial charge < -0.3 is 15.8 Å². The fourth-order valence-corrected chi connectivity index (χ4v) is 4.34. The molecule has 1 heterocycles. The third kappa shape index (κ3) is 4.35. The average molecular weight is 362 g/mol. The minimum Gasteiger partial charge on any atom is -0.482 e. The maximum atomic E-state index is 12.9. The van der Waals surface area contributed by atoms with Crippen LogP contribution in [-0.2, 0) is 14.8 Å². The number of primary amides is 1. The molecule has 1 aromatic rings. The highest BCUT2D eigenvalue weighted by molar-refractivity contribution is 7.89. The first-order valence-corrected chi connectivity index (χ1v) is 9.04. The van der Waals surface area contributed by atoms with Gasteiger partial charge in [-0.05, 0) is 38.1 Å². The molecule has 0 spiro atoms. The van der Waals surface area contributed by atoms with Crippen molar-refractivity contribution < 1.29 is 17.9 Å². The van der Waals surface area contributed by atoms with E-state index in [0.29, 0.717) is 19.1 Å². The second-order valence-electron chi connectivity index (χ2n) is 5.31. The highest BCUT2D eigenvalue weighted by atomic mass is 35.5. The Labute approximate surface area is 140 Å². The standard InChI is InChI=1S/C14H20ClN3O4S/c1-17-11-4-6-18(7-5-11)23(20,21)13-8-10(15)2-3-12(13)22-9-14(16)19/h2-3,8,11,17H,4-7,9H2,1H3,(H2,16,19). The number of amides is 1. The van der Waals surface area contributed by atoms with E-state index in [1.54, 1.807) is 0 Å². The van der Waals surface area contributed by atoms with Gasteiger partial charge in [0.1, 0.15) is 10.6 Å². The number of rotatable bonds is 6. The lowest BCUT2D eigenvalue weighted by atomic mass is 10.1. The lowest BCUT2D eigenvalue weighted by Crippen LogP contribution is -2.43. The first-order chi connectivity index (χ1) is 10.8. The van der Waals surface area contributed by atoms with E-state index in [4.69, 9.17) is 22.1 Å². The van der Waals surface area contributed by atoms with Gasteiger partial charge in [-0.25, -0.2) is 8.42 Å². The SMILES string of the molecule is CNC1CCN(S(=O)(=O)c2cc(Cl)ccc2OCC(N)=O)CC1. The van der Waals surface area contributed by atoms with Crippen molar-refractivity contribution >= 4 is 27.5 Å². The van der Waals surface area contributed by atoms with Crippen LogP contribution in [0.4, 0.5) is 0 Å². The Morgan fingerprint density at radius 3 is 2.65 bits per heavy atom. The molecule has 1 saturated heterocycles. The quantitative estimate of drug-likeness (QED) is 0.771. The van der Waals surface area contributed by atoms with Crippen LogP contribution in [0.15, 0.2) is 23.1 Å². The van der Waals surface area contributed by atoms with Crippen LogP contribution in [0.3, 0.4) is 0 Å². The number of halogens is 1. The second kappa shape index (κ2) is 7.48. The van der Waals surface area contributed by atoms with Crippen molar-refractivity contribution in [3.63, 3.8) is 0 Å². The summed E-state index contributed by atoms with van der Waals surface area (Å²) in [6.45, 7) is 0.428. The van der Waals surface area contributed by atoms with Crippen molar-refractivity contribution in [1.29, 1.82) is 0 Å². The molecule has 128 valence electrons. The van der Waals surface area contributed by atoms with Crippen molar-refractivity contribution in [1.82, 2.24) is 9.62 Å². The van der Waals surface area contributed by atoms with E-state index in [0.717, 1.165) is 12.8 Å². The van der Waals surface area contributed by atoms with Gasteiger partial charge in [0.15, 0.2) is 6.61 Å². The molecule has 0 aromatic heterocycles. The molecule has 7 nitrogen and oxygen atoms in total. The van der Waals surface area contributed by atoms with Crippen molar-refractivity contribution in [2.24, 2.45) is 5.73 Å². The number of hydrogen-bond donors (Lipinski definition) is 2. The monoisotopic (exact) mass is 361 g/mol. The molecule has 1 aliphatic rings. The first kappa shape index (κ1) is 18.0. The number of sulfonamides is 1. The van der Waals surface area contributed by atoms with Crippen LogP contribution >= 0.6 is 11.6 Å². The molecule has 3 N–H and O–H groups in total. The number of piperidine rings is 1. The van der Waals surface area contributed by atoms with Gasteiger partial charge in [-0.15, -0.1) is 0 Å². The average Bonchev–Trinajstić information content (AvgIpc) is 2.53. The maximum absolute atomic E-state index is 12.9. The van der Waals surface area contributed by atoms with E-state index in [9.17, 15) is 13.2 Å². The molecule has 0 atom stereocenters. The number of nitrogens with zero attached hydrogens (tertiary/aromatic N) is 1. The summed E-state index contributed by atoms with van der Waals surface area (Å²) in [6.07, 6.45) is 1.46. The Hall–Kier alpha value is -1.35. The molecule has 0 aliphatic carbocycles. The molecule has 2 rings (SSSR count). The molecule has 9 heteroatoms. The number of carbonyl (C=O) groups excluding carboxylic acids is 1. The molecular formula is C14H20ClN3O4S. The van der Waals surface area contributed by atoms with Crippen LogP contribution in [-0.4, -0.2) is 51.4 Å². The van der Waals surface area contributed by atoms with Crippen LogP contribution in [0, 0.1) is 0 Å². The van der Waals surface area contributed by atoms with Gasteiger partial charge in [0.25, 0.3) is 5.91 Å². The Kier molecular flexibility index (Phi) is 5.85. The fraction of sp³-hybridized carbons (Fsp3) is 0.500. The zero-order valence-corrected chi connectivity index (χ0v) is 14.4. The van der Waals surface area contributed by atoms with E-state index in [-0.39, 0.29) is 15.7 Å². The van der Waals surface area contributed by atoms with Crippen molar-refractivity contribution in [2.75, 3.05) is 26.7 Å². The highest BCUT2D eigenvalue weighted by Crippen LogP contribution is 2.31. The summed E-state index contributed by atoms with van der Waals surface area (Å²) in [5.41, 5.74) is 5.05. The summed E-state index contributed by atoms with van der Waals surface area (Å²) in [4.78, 5) is 10.8. The van der Waals surface area contributed by atoms with Crippen LogP contribution in [0.2, 0.25) is 5.02 Å². The molecule has 0 saturated carbocycles.